The third-order valence-corrected chi connectivity index (χ3v) is 5.53. The van der Waals surface area contributed by atoms with Gasteiger partial charge in [-0.2, -0.15) is 5.26 Å². The molecular weight excluding hydrogens is 323 g/mol. The molecule has 1 aliphatic rings. The lowest BCUT2D eigenvalue weighted by Gasteiger charge is -2.25. The highest BCUT2D eigenvalue weighted by Crippen LogP contribution is 2.53. The van der Waals surface area contributed by atoms with Gasteiger partial charge in [0.05, 0.1) is 11.1 Å². The van der Waals surface area contributed by atoms with Crippen molar-refractivity contribution in [1.29, 1.82) is 5.26 Å². The van der Waals surface area contributed by atoms with Crippen molar-refractivity contribution in [2.45, 2.75) is 26.2 Å². The van der Waals surface area contributed by atoms with Crippen LogP contribution in [0.25, 0.3) is 22.4 Å². The number of nitriles is 1. The van der Waals surface area contributed by atoms with Crippen LogP contribution in [0.15, 0.2) is 48.7 Å². The molecule has 2 aromatic carbocycles. The van der Waals surface area contributed by atoms with E-state index < -0.39 is 11.2 Å². The maximum atomic E-state index is 15.1. The second kappa shape index (κ2) is 5.51. The first-order valence-electron chi connectivity index (χ1n) is 8.70. The predicted octanol–water partition coefficient (Wildman–Crippen LogP) is 4.80. The standard InChI is InChI=1S/C23H20FN2/c1-14-8-10-16-17-11-9-15(13-25)22(24)21(17)23(2,3)20(16)19(14)18-7-5-6-12-26(18)4/h5-12H,1-4H3/q+1. The molecule has 1 heterocycles. The van der Waals surface area contributed by atoms with Crippen LogP contribution < -0.4 is 4.57 Å². The van der Waals surface area contributed by atoms with E-state index in [1.807, 2.05) is 51.4 Å². The molecule has 0 radical (unpaired) electrons. The van der Waals surface area contributed by atoms with Crippen LogP contribution in [-0.2, 0) is 12.5 Å². The smallest absolute Gasteiger partial charge is 0.205 e. The number of benzene rings is 2. The van der Waals surface area contributed by atoms with Crippen LogP contribution in [0.4, 0.5) is 4.39 Å². The average Bonchev–Trinajstić information content (AvgIpc) is 2.84. The fourth-order valence-corrected chi connectivity index (χ4v) is 4.32. The summed E-state index contributed by atoms with van der Waals surface area (Å²) in [6.45, 7) is 6.19. The van der Waals surface area contributed by atoms with E-state index in [2.05, 4.69) is 29.7 Å². The van der Waals surface area contributed by atoms with Gasteiger partial charge in [0.1, 0.15) is 18.9 Å². The minimum absolute atomic E-state index is 0.105. The third kappa shape index (κ3) is 2.05. The van der Waals surface area contributed by atoms with Crippen molar-refractivity contribution >= 4 is 0 Å². The first kappa shape index (κ1) is 16.5. The zero-order chi connectivity index (χ0) is 18.6. The van der Waals surface area contributed by atoms with E-state index in [-0.39, 0.29) is 5.56 Å². The van der Waals surface area contributed by atoms with Crippen molar-refractivity contribution in [2.75, 3.05) is 0 Å². The van der Waals surface area contributed by atoms with Gasteiger partial charge < -0.3 is 0 Å². The van der Waals surface area contributed by atoms with Crippen LogP contribution >= 0.6 is 0 Å². The van der Waals surface area contributed by atoms with Gasteiger partial charge in [-0.15, -0.1) is 0 Å². The Kier molecular flexibility index (Phi) is 3.49. The van der Waals surface area contributed by atoms with E-state index >= 15 is 4.39 Å². The fraction of sp³-hybridized carbons (Fsp3) is 0.217. The number of pyridine rings is 1. The largest absolute Gasteiger partial charge is 0.212 e. The van der Waals surface area contributed by atoms with E-state index in [1.165, 1.54) is 0 Å². The summed E-state index contributed by atoms with van der Waals surface area (Å²) in [6, 6.07) is 15.7. The Labute approximate surface area is 153 Å². The van der Waals surface area contributed by atoms with Crippen LogP contribution in [0, 0.1) is 24.1 Å². The molecule has 26 heavy (non-hydrogen) atoms. The summed E-state index contributed by atoms with van der Waals surface area (Å²) < 4.78 is 17.2. The van der Waals surface area contributed by atoms with Gasteiger partial charge >= 0.3 is 0 Å². The van der Waals surface area contributed by atoms with Gasteiger partial charge in [0, 0.05) is 23.1 Å². The maximum Gasteiger partial charge on any atom is 0.212 e. The summed E-state index contributed by atoms with van der Waals surface area (Å²) in [5.41, 5.74) is 6.68. The Bertz CT molecular complexity index is 1100. The van der Waals surface area contributed by atoms with Crippen LogP contribution in [0.2, 0.25) is 0 Å². The molecule has 1 aliphatic carbocycles. The summed E-state index contributed by atoms with van der Waals surface area (Å²) >= 11 is 0. The summed E-state index contributed by atoms with van der Waals surface area (Å²) in [5.74, 6) is -0.396. The molecule has 1 aromatic heterocycles. The van der Waals surface area contributed by atoms with Crippen molar-refractivity contribution in [1.82, 2.24) is 0 Å². The van der Waals surface area contributed by atoms with E-state index in [0.717, 1.165) is 33.5 Å². The van der Waals surface area contributed by atoms with E-state index in [9.17, 15) is 5.26 Å². The van der Waals surface area contributed by atoms with Crippen LogP contribution in [-0.4, -0.2) is 0 Å². The Hall–Kier alpha value is -2.99. The second-order valence-corrected chi connectivity index (χ2v) is 7.46. The van der Waals surface area contributed by atoms with Gasteiger partial charge in [0.15, 0.2) is 6.20 Å². The lowest BCUT2D eigenvalue weighted by atomic mass is 9.78. The predicted molar refractivity (Wildman–Crippen MR) is 100 cm³/mol. The highest BCUT2D eigenvalue weighted by atomic mass is 19.1. The number of nitrogens with zero attached hydrogens (tertiary/aromatic N) is 2. The van der Waals surface area contributed by atoms with Gasteiger partial charge in [-0.25, -0.2) is 8.96 Å². The Morgan fingerprint density at radius 3 is 2.38 bits per heavy atom. The number of hydrogen-bond acceptors (Lipinski definition) is 1. The monoisotopic (exact) mass is 343 g/mol. The van der Waals surface area contributed by atoms with Crippen molar-refractivity contribution in [3.63, 3.8) is 0 Å². The van der Waals surface area contributed by atoms with Crippen molar-refractivity contribution in [2.24, 2.45) is 7.05 Å². The molecule has 3 aromatic rings. The van der Waals surface area contributed by atoms with Crippen LogP contribution in [0.5, 0.6) is 0 Å². The van der Waals surface area contributed by atoms with Gasteiger partial charge in [-0.3, -0.25) is 0 Å². The number of fused-ring (bicyclic) bond motifs is 3. The molecule has 4 rings (SSSR count). The SMILES string of the molecule is Cc1ccc2c(c1-c1cccc[n+]1C)C(C)(C)c1c-2ccc(C#N)c1F. The summed E-state index contributed by atoms with van der Waals surface area (Å²) in [5, 5.41) is 9.26. The van der Waals surface area contributed by atoms with E-state index in [1.54, 1.807) is 6.07 Å². The highest BCUT2D eigenvalue weighted by Gasteiger charge is 2.42. The van der Waals surface area contributed by atoms with Gasteiger partial charge in [0.25, 0.3) is 0 Å². The topological polar surface area (TPSA) is 27.7 Å². The van der Waals surface area contributed by atoms with Crippen LogP contribution in [0.3, 0.4) is 0 Å². The molecule has 0 saturated heterocycles. The highest BCUT2D eigenvalue weighted by molar-refractivity contribution is 5.88. The summed E-state index contributed by atoms with van der Waals surface area (Å²) in [7, 11) is 2.03. The van der Waals surface area contributed by atoms with Gasteiger partial charge in [-0.05, 0) is 41.3 Å². The fourth-order valence-electron chi connectivity index (χ4n) is 4.32. The Morgan fingerprint density at radius 2 is 1.69 bits per heavy atom. The molecule has 128 valence electrons. The third-order valence-electron chi connectivity index (χ3n) is 5.53. The van der Waals surface area contributed by atoms with Gasteiger partial charge in [-0.1, -0.05) is 32.0 Å². The summed E-state index contributed by atoms with van der Waals surface area (Å²) in [4.78, 5) is 0. The summed E-state index contributed by atoms with van der Waals surface area (Å²) in [6.07, 6.45) is 2.03. The second-order valence-electron chi connectivity index (χ2n) is 7.46. The van der Waals surface area contributed by atoms with Crippen LogP contribution in [0.1, 0.15) is 36.1 Å². The van der Waals surface area contributed by atoms with E-state index in [0.29, 0.717) is 5.56 Å². The number of aromatic nitrogens is 1. The molecule has 2 nitrogen and oxygen atoms in total. The molecule has 0 atom stereocenters. The van der Waals surface area contributed by atoms with Gasteiger partial charge in [0.2, 0.25) is 5.69 Å². The number of hydrogen-bond donors (Lipinski definition) is 0. The lowest BCUT2D eigenvalue weighted by Crippen LogP contribution is -2.31. The minimum Gasteiger partial charge on any atom is -0.205 e. The molecule has 0 aliphatic heterocycles. The first-order chi connectivity index (χ1) is 12.4. The Balaban J connectivity index is 2.12. The minimum atomic E-state index is -0.522. The number of rotatable bonds is 1. The normalized spacial score (nSPS) is 13.8. The number of aryl methyl sites for hydroxylation is 2. The molecule has 0 spiro atoms. The molecule has 0 bridgehead atoms. The molecule has 0 fully saturated rings. The first-order valence-corrected chi connectivity index (χ1v) is 8.70. The zero-order valence-corrected chi connectivity index (χ0v) is 15.4. The Morgan fingerprint density at radius 1 is 1.00 bits per heavy atom. The lowest BCUT2D eigenvalue weighted by molar-refractivity contribution is -0.660. The molecule has 0 unspecified atom stereocenters. The molecule has 0 N–H and O–H groups in total. The zero-order valence-electron chi connectivity index (χ0n) is 15.4. The quantitative estimate of drug-likeness (QED) is 0.583. The average molecular weight is 343 g/mol. The van der Waals surface area contributed by atoms with E-state index in [4.69, 9.17) is 0 Å². The van der Waals surface area contributed by atoms with Crippen molar-refractivity contribution < 1.29 is 8.96 Å². The van der Waals surface area contributed by atoms with Crippen molar-refractivity contribution in [3.05, 3.63) is 76.7 Å². The number of halogens is 1. The molecule has 0 amide bonds. The maximum absolute atomic E-state index is 15.1. The van der Waals surface area contributed by atoms with Crippen molar-refractivity contribution in [3.8, 4) is 28.5 Å². The molecule has 0 saturated carbocycles. The molecular formula is C23H20FN2+. The molecule has 3 heteroatoms.